The molecule has 0 aliphatic carbocycles. The fourth-order valence-electron chi connectivity index (χ4n) is 6.64. The number of benzene rings is 3. The molecule has 3 aromatic carbocycles. The molecular weight excluding hydrogens is 658 g/mol. The summed E-state index contributed by atoms with van der Waals surface area (Å²) in [6, 6.07) is 24.6. The highest BCUT2D eigenvalue weighted by Gasteiger charge is 2.34. The quantitative estimate of drug-likeness (QED) is 0.0876. The number of carbonyl (C=O) groups excluding carboxylic acids is 2. The van der Waals surface area contributed by atoms with Crippen LogP contribution in [0.25, 0.3) is 0 Å². The van der Waals surface area contributed by atoms with E-state index < -0.39 is 6.29 Å². The third-order valence-corrected chi connectivity index (χ3v) is 9.52. The summed E-state index contributed by atoms with van der Waals surface area (Å²) in [6.07, 6.45) is 7.35. The molecule has 6 rings (SSSR count). The monoisotopic (exact) mass is 707 g/mol. The van der Waals surface area contributed by atoms with Crippen molar-refractivity contribution in [2.75, 3.05) is 54.0 Å². The summed E-state index contributed by atoms with van der Waals surface area (Å²) >= 11 is 0. The summed E-state index contributed by atoms with van der Waals surface area (Å²) < 4.78 is 13.2. The molecule has 0 bridgehead atoms. The van der Waals surface area contributed by atoms with Gasteiger partial charge in [0, 0.05) is 75.6 Å². The number of hydrogen-bond donors (Lipinski definition) is 4. The summed E-state index contributed by atoms with van der Waals surface area (Å²) in [5, 5.41) is 15.5. The van der Waals surface area contributed by atoms with Gasteiger partial charge in [-0.25, -0.2) is 9.97 Å². The number of rotatable bonds is 15. The minimum atomic E-state index is -0.618. The van der Waals surface area contributed by atoms with E-state index in [9.17, 15) is 14.7 Å². The molecule has 0 saturated carbocycles. The van der Waals surface area contributed by atoms with E-state index in [4.69, 9.17) is 15.2 Å². The van der Waals surface area contributed by atoms with Gasteiger partial charge in [-0.15, -0.1) is 0 Å². The lowest BCUT2D eigenvalue weighted by Crippen LogP contribution is -2.50. The number of anilines is 4. The van der Waals surface area contributed by atoms with E-state index in [1.807, 2.05) is 66.7 Å². The van der Waals surface area contributed by atoms with E-state index in [1.54, 1.807) is 24.5 Å². The predicted octanol–water partition coefficient (Wildman–Crippen LogP) is 5.84. The van der Waals surface area contributed by atoms with Gasteiger partial charge in [0.25, 0.3) is 0 Å². The Kier molecular flexibility index (Phi) is 13.2. The zero-order valence-corrected chi connectivity index (χ0v) is 29.5. The number of piperazine rings is 1. The van der Waals surface area contributed by atoms with Crippen molar-refractivity contribution in [1.82, 2.24) is 14.9 Å². The molecule has 12 heteroatoms. The van der Waals surface area contributed by atoms with Crippen LogP contribution >= 0.6 is 0 Å². The number of amides is 2. The minimum absolute atomic E-state index is 0.0111. The van der Waals surface area contributed by atoms with Crippen LogP contribution in [0.5, 0.6) is 0 Å². The molecule has 2 aliphatic rings. The van der Waals surface area contributed by atoms with Gasteiger partial charge in [0.15, 0.2) is 6.29 Å². The van der Waals surface area contributed by atoms with Gasteiger partial charge in [-0.2, -0.15) is 0 Å². The Balaban J connectivity index is 0.998. The summed E-state index contributed by atoms with van der Waals surface area (Å²) in [5.41, 5.74) is 10.5. The van der Waals surface area contributed by atoms with Gasteiger partial charge in [0.1, 0.15) is 0 Å². The van der Waals surface area contributed by atoms with E-state index in [2.05, 4.69) is 30.4 Å². The average Bonchev–Trinajstić information content (AvgIpc) is 3.18. The second-order valence-corrected chi connectivity index (χ2v) is 13.4. The van der Waals surface area contributed by atoms with Crippen LogP contribution in [0, 0.1) is 0 Å². The fourth-order valence-corrected chi connectivity index (χ4v) is 6.64. The molecular formula is C40H49N7O5. The third kappa shape index (κ3) is 10.6. The number of aliphatic hydroxyl groups is 1. The molecule has 3 heterocycles. The second-order valence-electron chi connectivity index (χ2n) is 13.4. The van der Waals surface area contributed by atoms with Crippen molar-refractivity contribution in [2.45, 2.75) is 70.1 Å². The summed E-state index contributed by atoms with van der Waals surface area (Å²) in [6.45, 7) is 4.18. The van der Waals surface area contributed by atoms with Crippen molar-refractivity contribution in [3.63, 3.8) is 0 Å². The molecule has 3 atom stereocenters. The number of aliphatic hydroxyl groups excluding tert-OH is 1. The normalized spacial score (nSPS) is 19.2. The van der Waals surface area contributed by atoms with Crippen molar-refractivity contribution in [3.05, 3.63) is 108 Å². The van der Waals surface area contributed by atoms with Crippen molar-refractivity contribution in [2.24, 2.45) is 0 Å². The number of unbranched alkanes of at least 4 members (excludes halogenated alkanes) is 3. The van der Waals surface area contributed by atoms with Crippen LogP contribution in [0.15, 0.2) is 91.3 Å². The van der Waals surface area contributed by atoms with Crippen molar-refractivity contribution >= 4 is 34.8 Å². The molecule has 2 saturated heterocycles. The maximum absolute atomic E-state index is 12.9. The molecule has 0 unspecified atom stereocenters. The van der Waals surface area contributed by atoms with Crippen LogP contribution in [0.1, 0.15) is 74.0 Å². The van der Waals surface area contributed by atoms with E-state index >= 15 is 0 Å². The molecule has 274 valence electrons. The maximum atomic E-state index is 12.9. The van der Waals surface area contributed by atoms with Gasteiger partial charge in [0.05, 0.1) is 30.2 Å². The average molecular weight is 708 g/mol. The van der Waals surface area contributed by atoms with Gasteiger partial charge >= 0.3 is 0 Å². The van der Waals surface area contributed by atoms with Gasteiger partial charge in [0.2, 0.25) is 17.8 Å². The van der Waals surface area contributed by atoms with E-state index in [-0.39, 0.29) is 30.6 Å². The van der Waals surface area contributed by atoms with Crippen molar-refractivity contribution < 1.29 is 24.2 Å². The minimum Gasteiger partial charge on any atom is -0.397 e. The highest BCUT2D eigenvalue weighted by molar-refractivity contribution is 5.93. The lowest BCUT2D eigenvalue weighted by Gasteiger charge is -2.40. The summed E-state index contributed by atoms with van der Waals surface area (Å²) in [4.78, 5) is 38.6. The van der Waals surface area contributed by atoms with E-state index in [1.165, 1.54) is 0 Å². The van der Waals surface area contributed by atoms with Gasteiger partial charge in [-0.05, 0) is 54.3 Å². The van der Waals surface area contributed by atoms with Gasteiger partial charge < -0.3 is 35.8 Å². The number of nitrogens with zero attached hydrogens (tertiary/aromatic N) is 4. The maximum Gasteiger partial charge on any atom is 0.225 e. The van der Waals surface area contributed by atoms with E-state index in [0.29, 0.717) is 36.3 Å². The molecule has 4 aromatic rings. The number of para-hydroxylation sites is 2. The van der Waals surface area contributed by atoms with Gasteiger partial charge in [-0.1, -0.05) is 61.4 Å². The SMILES string of the molecule is Nc1ccccc1NC(=O)CCCCCCC(=O)Nc1cccc([C@H]2O[C@@H](CN3CCN(c4ncccn4)CC3)C[C@@H](c3ccc(CO)cc3)O2)c1. The van der Waals surface area contributed by atoms with Crippen LogP contribution in [-0.4, -0.2) is 70.6 Å². The lowest BCUT2D eigenvalue weighted by atomic mass is 9.99. The van der Waals surface area contributed by atoms with E-state index in [0.717, 1.165) is 81.0 Å². The first kappa shape index (κ1) is 36.9. The van der Waals surface area contributed by atoms with Crippen LogP contribution in [-0.2, 0) is 25.7 Å². The molecule has 0 spiro atoms. The van der Waals surface area contributed by atoms with Crippen molar-refractivity contribution in [3.8, 4) is 0 Å². The third-order valence-electron chi connectivity index (χ3n) is 9.52. The Labute approximate surface area is 305 Å². The number of carbonyl (C=O) groups is 2. The highest BCUT2D eigenvalue weighted by atomic mass is 16.7. The lowest BCUT2D eigenvalue weighted by molar-refractivity contribution is -0.253. The molecule has 1 aromatic heterocycles. The Hall–Kier alpha value is -4.88. The predicted molar refractivity (Wildman–Crippen MR) is 201 cm³/mol. The van der Waals surface area contributed by atoms with Crippen LogP contribution < -0.4 is 21.3 Å². The Morgan fingerprint density at radius 3 is 2.21 bits per heavy atom. The second kappa shape index (κ2) is 18.6. The molecule has 5 N–H and O–H groups in total. The first-order chi connectivity index (χ1) is 25.4. The number of aromatic nitrogens is 2. The molecule has 12 nitrogen and oxygen atoms in total. The zero-order valence-electron chi connectivity index (χ0n) is 29.5. The van der Waals surface area contributed by atoms with Crippen LogP contribution in [0.4, 0.5) is 23.0 Å². The molecule has 2 fully saturated rings. The number of ether oxygens (including phenoxy) is 2. The Bertz CT molecular complexity index is 1730. The summed E-state index contributed by atoms with van der Waals surface area (Å²) in [5.74, 6) is 0.644. The zero-order chi connectivity index (χ0) is 36.1. The highest BCUT2D eigenvalue weighted by Crippen LogP contribution is 2.39. The number of nitrogen functional groups attached to an aromatic ring is 1. The Morgan fingerprint density at radius 2 is 1.50 bits per heavy atom. The molecule has 2 amide bonds. The topological polar surface area (TPSA) is 155 Å². The Morgan fingerprint density at radius 1 is 0.788 bits per heavy atom. The number of nitrogens with one attached hydrogen (secondary N) is 2. The van der Waals surface area contributed by atoms with Crippen LogP contribution in [0.3, 0.4) is 0 Å². The standard InChI is InChI=1S/C40H49N7O5/c41-34-11-5-6-12-35(34)45-38(50)14-4-2-1-3-13-37(49)44-32-10-7-9-31(25-32)39-51-33(26-36(52-39)30-17-15-29(28-48)16-18-30)27-46-21-23-47(24-22-46)40-42-19-8-20-43-40/h5-12,15-20,25,33,36,39,48H,1-4,13-14,21-24,26-28,41H2,(H,44,49)(H,45,50)/t33-,36+,39+/m1/s1. The number of nitrogens with two attached hydrogens (primary N) is 1. The molecule has 2 aliphatic heterocycles. The van der Waals surface area contributed by atoms with Gasteiger partial charge in [-0.3, -0.25) is 14.5 Å². The van der Waals surface area contributed by atoms with Crippen LogP contribution in [0.2, 0.25) is 0 Å². The van der Waals surface area contributed by atoms with Crippen molar-refractivity contribution in [1.29, 1.82) is 0 Å². The smallest absolute Gasteiger partial charge is 0.225 e. The number of hydrogen-bond acceptors (Lipinski definition) is 10. The first-order valence-corrected chi connectivity index (χ1v) is 18.2. The fraction of sp³-hybridized carbons (Fsp3) is 0.400. The molecule has 0 radical (unpaired) electrons. The first-order valence-electron chi connectivity index (χ1n) is 18.2. The largest absolute Gasteiger partial charge is 0.397 e. The molecule has 52 heavy (non-hydrogen) atoms. The summed E-state index contributed by atoms with van der Waals surface area (Å²) in [7, 11) is 0.